The largest absolute Gasteiger partial charge is 0.493 e. The van der Waals surface area contributed by atoms with Crippen LogP contribution in [0.2, 0.25) is 0 Å². The van der Waals surface area contributed by atoms with Gasteiger partial charge in [-0.25, -0.2) is 0 Å². The number of nitrogens with zero attached hydrogens (tertiary/aromatic N) is 1. The number of halogens is 1. The fourth-order valence-electron chi connectivity index (χ4n) is 2.73. The molecule has 2 aromatic carbocycles. The van der Waals surface area contributed by atoms with E-state index in [2.05, 4.69) is 27.8 Å². The van der Waals surface area contributed by atoms with Gasteiger partial charge in [-0.3, -0.25) is 19.3 Å². The van der Waals surface area contributed by atoms with Gasteiger partial charge in [0.2, 0.25) is 5.91 Å². The SMILES string of the molecule is C=CCOc1ccc(/C=C2/SC(=O)N(CC(=O)Nc3ccccc3Br)C2=O)cc1OC. The molecular formula is C22H19BrN2O5S. The number of nitrogens with one attached hydrogen (secondary N) is 1. The van der Waals surface area contributed by atoms with Crippen molar-refractivity contribution in [3.05, 3.63) is 70.1 Å². The molecule has 31 heavy (non-hydrogen) atoms. The summed E-state index contributed by atoms with van der Waals surface area (Å²) in [4.78, 5) is 38.5. The predicted octanol–water partition coefficient (Wildman–Crippen LogP) is 4.70. The first kappa shape index (κ1) is 22.6. The monoisotopic (exact) mass is 502 g/mol. The molecule has 1 aliphatic heterocycles. The highest BCUT2D eigenvalue weighted by Crippen LogP contribution is 2.34. The molecular weight excluding hydrogens is 484 g/mol. The van der Waals surface area contributed by atoms with E-state index in [1.54, 1.807) is 48.6 Å². The van der Waals surface area contributed by atoms with Crippen LogP contribution in [-0.2, 0) is 9.59 Å². The maximum absolute atomic E-state index is 12.7. The molecule has 1 heterocycles. The molecule has 0 atom stereocenters. The third kappa shape index (κ3) is 5.56. The number of carbonyl (C=O) groups is 3. The van der Waals surface area contributed by atoms with Crippen LogP contribution >= 0.6 is 27.7 Å². The van der Waals surface area contributed by atoms with Crippen LogP contribution in [0, 0.1) is 0 Å². The van der Waals surface area contributed by atoms with E-state index >= 15 is 0 Å². The number of hydrogen-bond acceptors (Lipinski definition) is 6. The molecule has 2 aromatic rings. The molecule has 0 spiro atoms. The van der Waals surface area contributed by atoms with Crippen molar-refractivity contribution in [1.29, 1.82) is 0 Å². The summed E-state index contributed by atoms with van der Waals surface area (Å²) in [5, 5.41) is 2.18. The van der Waals surface area contributed by atoms with Gasteiger partial charge in [0.1, 0.15) is 13.2 Å². The molecule has 0 aromatic heterocycles. The van der Waals surface area contributed by atoms with Gasteiger partial charge in [-0.15, -0.1) is 0 Å². The molecule has 1 N–H and O–H groups in total. The minimum atomic E-state index is -0.525. The van der Waals surface area contributed by atoms with Gasteiger partial charge in [0.05, 0.1) is 17.7 Å². The summed E-state index contributed by atoms with van der Waals surface area (Å²) in [6.07, 6.45) is 3.20. The summed E-state index contributed by atoms with van der Waals surface area (Å²) in [5.41, 5.74) is 1.21. The van der Waals surface area contributed by atoms with Crippen molar-refractivity contribution in [2.75, 3.05) is 25.6 Å². The van der Waals surface area contributed by atoms with Crippen LogP contribution in [0.4, 0.5) is 10.5 Å². The molecule has 1 saturated heterocycles. The highest BCUT2D eigenvalue weighted by atomic mass is 79.9. The molecule has 0 radical (unpaired) electrons. The van der Waals surface area contributed by atoms with Gasteiger partial charge < -0.3 is 14.8 Å². The highest BCUT2D eigenvalue weighted by Gasteiger charge is 2.36. The number of benzene rings is 2. The second-order valence-electron chi connectivity index (χ2n) is 6.31. The van der Waals surface area contributed by atoms with Crippen LogP contribution < -0.4 is 14.8 Å². The lowest BCUT2D eigenvalue weighted by Crippen LogP contribution is -2.36. The molecule has 3 amide bonds. The van der Waals surface area contributed by atoms with Gasteiger partial charge in [0.15, 0.2) is 11.5 Å². The van der Waals surface area contributed by atoms with E-state index in [9.17, 15) is 14.4 Å². The van der Waals surface area contributed by atoms with E-state index in [0.717, 1.165) is 16.7 Å². The average molecular weight is 503 g/mol. The van der Waals surface area contributed by atoms with Crippen LogP contribution in [0.1, 0.15) is 5.56 Å². The number of hydrogen-bond donors (Lipinski definition) is 1. The van der Waals surface area contributed by atoms with Crippen molar-refractivity contribution < 1.29 is 23.9 Å². The normalized spacial score (nSPS) is 14.6. The highest BCUT2D eigenvalue weighted by molar-refractivity contribution is 9.10. The lowest BCUT2D eigenvalue weighted by Gasteiger charge is -2.13. The van der Waals surface area contributed by atoms with Crippen molar-refractivity contribution in [1.82, 2.24) is 4.90 Å². The molecule has 0 saturated carbocycles. The topological polar surface area (TPSA) is 84.9 Å². The number of para-hydroxylation sites is 1. The third-order valence-electron chi connectivity index (χ3n) is 4.17. The first-order valence-corrected chi connectivity index (χ1v) is 10.8. The molecule has 3 rings (SSSR count). The lowest BCUT2D eigenvalue weighted by molar-refractivity contribution is -0.127. The summed E-state index contributed by atoms with van der Waals surface area (Å²) in [6, 6.07) is 12.2. The Hall–Kier alpha value is -3.04. The lowest BCUT2D eigenvalue weighted by atomic mass is 10.2. The number of imide groups is 1. The summed E-state index contributed by atoms with van der Waals surface area (Å²) in [7, 11) is 1.51. The zero-order chi connectivity index (χ0) is 22.4. The van der Waals surface area contributed by atoms with Gasteiger partial charge in [-0.1, -0.05) is 30.9 Å². The van der Waals surface area contributed by atoms with Crippen LogP contribution in [0.15, 0.2) is 64.5 Å². The van der Waals surface area contributed by atoms with Gasteiger partial charge in [0, 0.05) is 4.47 Å². The van der Waals surface area contributed by atoms with E-state index < -0.39 is 17.1 Å². The van der Waals surface area contributed by atoms with Crippen LogP contribution in [0.25, 0.3) is 6.08 Å². The van der Waals surface area contributed by atoms with Crippen molar-refractivity contribution in [2.24, 2.45) is 0 Å². The molecule has 7 nitrogen and oxygen atoms in total. The van der Waals surface area contributed by atoms with Gasteiger partial charge in [0.25, 0.3) is 11.1 Å². The fourth-order valence-corrected chi connectivity index (χ4v) is 3.95. The second-order valence-corrected chi connectivity index (χ2v) is 8.15. The second kappa shape index (κ2) is 10.3. The van der Waals surface area contributed by atoms with E-state index in [4.69, 9.17) is 9.47 Å². The van der Waals surface area contributed by atoms with Gasteiger partial charge in [-0.2, -0.15) is 0 Å². The number of rotatable bonds is 8. The van der Waals surface area contributed by atoms with Crippen LogP contribution in [-0.4, -0.2) is 42.2 Å². The zero-order valence-electron chi connectivity index (χ0n) is 16.6. The van der Waals surface area contributed by atoms with Gasteiger partial charge >= 0.3 is 0 Å². The Bertz CT molecular complexity index is 1070. The summed E-state index contributed by atoms with van der Waals surface area (Å²) >= 11 is 4.12. The van der Waals surface area contributed by atoms with Crippen molar-refractivity contribution >= 4 is 56.5 Å². The molecule has 9 heteroatoms. The molecule has 0 aliphatic carbocycles. The van der Waals surface area contributed by atoms with Crippen LogP contribution in [0.5, 0.6) is 11.5 Å². The van der Waals surface area contributed by atoms with Crippen molar-refractivity contribution in [3.63, 3.8) is 0 Å². The van der Waals surface area contributed by atoms with E-state index in [1.165, 1.54) is 7.11 Å². The molecule has 1 aliphatic rings. The first-order valence-electron chi connectivity index (χ1n) is 9.14. The quantitative estimate of drug-likeness (QED) is 0.416. The minimum Gasteiger partial charge on any atom is -0.493 e. The summed E-state index contributed by atoms with van der Waals surface area (Å²) in [6.45, 7) is 3.56. The summed E-state index contributed by atoms with van der Waals surface area (Å²) in [5.74, 6) is 0.0307. The number of carbonyl (C=O) groups excluding carboxylic acids is 3. The molecule has 1 fully saturated rings. The Balaban J connectivity index is 1.72. The standard InChI is InChI=1S/C22H19BrN2O5S/c1-3-10-30-17-9-8-14(11-18(17)29-2)12-19-21(27)25(22(28)31-19)13-20(26)24-16-7-5-4-6-15(16)23/h3-9,11-12H,1,10,13H2,2H3,(H,24,26)/b19-12+. The molecule has 0 unspecified atom stereocenters. The number of methoxy groups -OCH3 is 1. The smallest absolute Gasteiger partial charge is 0.294 e. The average Bonchev–Trinajstić information content (AvgIpc) is 3.01. The predicted molar refractivity (Wildman–Crippen MR) is 124 cm³/mol. The Morgan fingerprint density at radius 3 is 2.71 bits per heavy atom. The first-order chi connectivity index (χ1) is 14.9. The number of anilines is 1. The maximum atomic E-state index is 12.7. The number of amides is 3. The number of thioether (sulfide) groups is 1. The van der Waals surface area contributed by atoms with E-state index in [0.29, 0.717) is 33.8 Å². The Morgan fingerprint density at radius 2 is 2.00 bits per heavy atom. The zero-order valence-corrected chi connectivity index (χ0v) is 19.0. The summed E-state index contributed by atoms with van der Waals surface area (Å²) < 4.78 is 11.5. The molecule has 160 valence electrons. The Kier molecular flexibility index (Phi) is 7.54. The fraction of sp³-hybridized carbons (Fsp3) is 0.136. The minimum absolute atomic E-state index is 0.223. The Labute approximate surface area is 192 Å². The third-order valence-corrected chi connectivity index (χ3v) is 5.76. The maximum Gasteiger partial charge on any atom is 0.294 e. The van der Waals surface area contributed by atoms with Crippen LogP contribution in [0.3, 0.4) is 0 Å². The van der Waals surface area contributed by atoms with E-state index in [-0.39, 0.29) is 11.4 Å². The molecule has 0 bridgehead atoms. The van der Waals surface area contributed by atoms with Gasteiger partial charge in [-0.05, 0) is 63.6 Å². The van der Waals surface area contributed by atoms with Crippen molar-refractivity contribution in [2.45, 2.75) is 0 Å². The Morgan fingerprint density at radius 1 is 1.23 bits per heavy atom. The number of ether oxygens (including phenoxy) is 2. The van der Waals surface area contributed by atoms with Crippen molar-refractivity contribution in [3.8, 4) is 11.5 Å². The van der Waals surface area contributed by atoms with E-state index in [1.807, 2.05) is 6.07 Å².